The predicted molar refractivity (Wildman–Crippen MR) is 143 cm³/mol. The van der Waals surface area contributed by atoms with Crippen LogP contribution < -0.4 is 15.2 Å². The number of anilines is 1. The summed E-state index contributed by atoms with van der Waals surface area (Å²) in [5.74, 6) is -0.402. The third-order valence-electron chi connectivity index (χ3n) is 6.72. The first-order valence-electron chi connectivity index (χ1n) is 11.8. The number of ether oxygens (including phenoxy) is 2. The number of nitrogens with one attached hydrogen (secondary N) is 1. The number of hydrogen-bond donors (Lipinski definition) is 2. The van der Waals surface area contributed by atoms with Crippen LogP contribution in [0.2, 0.25) is 0 Å². The number of aryl methyl sites for hydroxylation is 1. The number of sulfonamides is 1. The molecule has 1 aliphatic heterocycles. The number of fused-ring (bicyclic) bond motifs is 1. The number of nitrogens with two attached hydrogens (primary N) is 1. The van der Waals surface area contributed by atoms with Crippen LogP contribution in [0, 0.1) is 6.92 Å². The van der Waals surface area contributed by atoms with Gasteiger partial charge in [0.25, 0.3) is 15.9 Å². The van der Waals surface area contributed by atoms with Crippen molar-refractivity contribution < 1.29 is 22.7 Å². The molecule has 0 bridgehead atoms. The second-order valence-corrected chi connectivity index (χ2v) is 11.7. The van der Waals surface area contributed by atoms with Crippen molar-refractivity contribution >= 4 is 43.5 Å². The summed E-state index contributed by atoms with van der Waals surface area (Å²) in [4.78, 5) is 26.3. The van der Waals surface area contributed by atoms with Gasteiger partial charge in [0, 0.05) is 46.8 Å². The van der Waals surface area contributed by atoms with E-state index in [1.54, 1.807) is 18.2 Å². The molecule has 4 heterocycles. The van der Waals surface area contributed by atoms with Gasteiger partial charge in [0.05, 0.1) is 12.6 Å². The summed E-state index contributed by atoms with van der Waals surface area (Å²) in [5, 5.41) is 0.690. The van der Waals surface area contributed by atoms with Gasteiger partial charge in [-0.3, -0.25) is 4.79 Å². The van der Waals surface area contributed by atoms with Crippen molar-refractivity contribution in [3.63, 3.8) is 0 Å². The molecule has 4 aromatic rings. The van der Waals surface area contributed by atoms with Gasteiger partial charge in [-0.1, -0.05) is 19.1 Å². The van der Waals surface area contributed by atoms with Gasteiger partial charge in [-0.25, -0.2) is 14.7 Å². The lowest BCUT2D eigenvalue weighted by Crippen LogP contribution is -2.34. The highest BCUT2D eigenvalue weighted by Gasteiger charge is 2.34. The molecule has 0 radical (unpaired) electrons. The van der Waals surface area contributed by atoms with E-state index < -0.39 is 15.9 Å². The number of hydrogen-bond acceptors (Lipinski definition) is 11. The van der Waals surface area contributed by atoms with Crippen molar-refractivity contribution in [1.29, 1.82) is 0 Å². The van der Waals surface area contributed by atoms with Crippen molar-refractivity contribution in [3.05, 3.63) is 53.3 Å². The molecule has 1 amide bonds. The van der Waals surface area contributed by atoms with E-state index in [4.69, 9.17) is 15.2 Å². The summed E-state index contributed by atoms with van der Waals surface area (Å²) >= 11 is 1.08. The van der Waals surface area contributed by atoms with Crippen LogP contribution in [0.5, 0.6) is 5.75 Å². The van der Waals surface area contributed by atoms with E-state index in [9.17, 15) is 13.2 Å². The largest absolute Gasteiger partial charge is 0.494 e. The van der Waals surface area contributed by atoms with Crippen molar-refractivity contribution in [2.24, 2.45) is 0 Å². The molecule has 1 saturated heterocycles. The quantitative estimate of drug-likeness (QED) is 0.362. The number of carbonyl (C=O) groups is 1. The molecule has 198 valence electrons. The number of aromatic nitrogens is 4. The molecule has 0 saturated carbocycles. The fraction of sp³-hybridized carbons (Fsp3) is 0.320. The second-order valence-electron chi connectivity index (χ2n) is 9.29. The predicted octanol–water partition coefficient (Wildman–Crippen LogP) is 3.23. The molecule has 1 aromatic carbocycles. The zero-order valence-electron chi connectivity index (χ0n) is 21.0. The molecule has 1 fully saturated rings. The second kappa shape index (κ2) is 9.89. The maximum Gasteiger partial charge on any atom is 0.285 e. The third kappa shape index (κ3) is 4.79. The molecule has 11 nitrogen and oxygen atoms in total. The number of nitrogens with zero attached hydrogens (tertiary/aromatic N) is 4. The van der Waals surface area contributed by atoms with Crippen LogP contribution in [0.25, 0.3) is 22.3 Å². The fourth-order valence-electron chi connectivity index (χ4n) is 4.43. The first-order valence-corrected chi connectivity index (χ1v) is 14.1. The normalized spacial score (nSPS) is 15.3. The Morgan fingerprint density at radius 2 is 1.87 bits per heavy atom. The summed E-state index contributed by atoms with van der Waals surface area (Å²) in [6, 6.07) is 10.1. The van der Waals surface area contributed by atoms with Gasteiger partial charge < -0.3 is 15.2 Å². The van der Waals surface area contributed by atoms with Gasteiger partial charge in [0.2, 0.25) is 5.03 Å². The highest BCUT2D eigenvalue weighted by Crippen LogP contribution is 2.35. The molecule has 1 aliphatic rings. The molecule has 38 heavy (non-hydrogen) atoms. The Hall–Kier alpha value is -3.68. The molecular formula is C25H26N6O5S2. The Morgan fingerprint density at radius 1 is 1.11 bits per heavy atom. The van der Waals surface area contributed by atoms with E-state index in [1.807, 2.05) is 26.0 Å². The Labute approximate surface area is 223 Å². The summed E-state index contributed by atoms with van der Waals surface area (Å²) in [6.45, 7) is 4.98. The number of benzene rings is 1. The van der Waals surface area contributed by atoms with E-state index >= 15 is 0 Å². The van der Waals surface area contributed by atoms with Gasteiger partial charge in [-0.15, -0.1) is 0 Å². The number of rotatable bonds is 6. The van der Waals surface area contributed by atoms with Crippen molar-refractivity contribution in [1.82, 2.24) is 24.0 Å². The number of methoxy groups -OCH3 is 1. The molecule has 5 rings (SSSR count). The summed E-state index contributed by atoms with van der Waals surface area (Å²) in [5.41, 5.74) is 7.93. The maximum absolute atomic E-state index is 13.4. The minimum atomic E-state index is -4.39. The molecule has 0 unspecified atom stereocenters. The minimum Gasteiger partial charge on any atom is -0.494 e. The van der Waals surface area contributed by atoms with Crippen LogP contribution in [0.1, 0.15) is 41.5 Å². The molecule has 13 heteroatoms. The lowest BCUT2D eigenvalue weighted by molar-refractivity contribution is 0.0548. The zero-order valence-corrected chi connectivity index (χ0v) is 22.6. The number of carbonyl (C=O) groups excluding carboxylic acids is 1. The van der Waals surface area contributed by atoms with Crippen molar-refractivity contribution in [2.75, 3.05) is 26.1 Å². The monoisotopic (exact) mass is 554 g/mol. The first kappa shape index (κ1) is 25.9. The van der Waals surface area contributed by atoms with Crippen molar-refractivity contribution in [3.8, 4) is 17.1 Å². The van der Waals surface area contributed by atoms with Crippen LogP contribution >= 0.6 is 11.5 Å². The van der Waals surface area contributed by atoms with Gasteiger partial charge >= 0.3 is 0 Å². The van der Waals surface area contributed by atoms with E-state index in [0.29, 0.717) is 59.2 Å². The van der Waals surface area contributed by atoms with Crippen LogP contribution in [0.4, 0.5) is 5.13 Å². The first-order chi connectivity index (χ1) is 18.1. The highest BCUT2D eigenvalue weighted by molar-refractivity contribution is 7.90. The topological polar surface area (TPSA) is 159 Å². The highest BCUT2D eigenvalue weighted by atomic mass is 32.2. The Morgan fingerprint density at radius 3 is 2.55 bits per heavy atom. The van der Waals surface area contributed by atoms with Crippen LogP contribution in [0.15, 0.2) is 41.4 Å². The van der Waals surface area contributed by atoms with Gasteiger partial charge in [-0.2, -0.15) is 17.8 Å². The van der Waals surface area contributed by atoms with Crippen LogP contribution in [-0.2, 0) is 20.2 Å². The minimum absolute atomic E-state index is 0.0340. The van der Waals surface area contributed by atoms with Gasteiger partial charge in [0.1, 0.15) is 5.69 Å². The zero-order chi connectivity index (χ0) is 27.1. The fourth-order valence-corrected chi connectivity index (χ4v) is 5.96. The third-order valence-corrected chi connectivity index (χ3v) is 8.51. The van der Waals surface area contributed by atoms with Gasteiger partial charge in [-0.05, 0) is 49.6 Å². The average molecular weight is 555 g/mol. The summed E-state index contributed by atoms with van der Waals surface area (Å²) in [6.07, 6.45) is 1.40. The molecule has 3 aromatic heterocycles. The molecule has 0 spiro atoms. The maximum atomic E-state index is 13.4. The van der Waals surface area contributed by atoms with Crippen molar-refractivity contribution in [2.45, 2.75) is 37.1 Å². The number of pyridine rings is 2. The number of nitrogen functional groups attached to an aromatic ring is 1. The molecule has 0 atom stereocenters. The lowest BCUT2D eigenvalue weighted by atomic mass is 9.79. The lowest BCUT2D eigenvalue weighted by Gasteiger charge is -2.33. The molecule has 0 aliphatic carbocycles. The van der Waals surface area contributed by atoms with Crippen LogP contribution in [-0.4, -0.2) is 54.0 Å². The number of amides is 1. The van der Waals surface area contributed by atoms with E-state index in [-0.39, 0.29) is 21.9 Å². The van der Waals surface area contributed by atoms with E-state index in [0.717, 1.165) is 17.1 Å². The Balaban J connectivity index is 1.48. The van der Waals surface area contributed by atoms with Crippen LogP contribution in [0.3, 0.4) is 0 Å². The average Bonchev–Trinajstić information content (AvgIpc) is 3.34. The standard InChI is InChI=1S/C25H26N6O5S2/c1-14-4-5-16(21-29-24(26)37-30-21)15-6-7-17(27-20(14)15)22(32)31-38(33,34)23-18(35-3)8-9-19(28-23)25(2)10-12-36-13-11-25/h4-9H,10-13H2,1-3H3,(H,31,32)(H2,26,29,30). The molecule has 3 N–H and O–H groups in total. The summed E-state index contributed by atoms with van der Waals surface area (Å²) in [7, 11) is -3.04. The summed E-state index contributed by atoms with van der Waals surface area (Å²) < 4.78 is 43.8. The van der Waals surface area contributed by atoms with Gasteiger partial charge in [0.15, 0.2) is 16.7 Å². The van der Waals surface area contributed by atoms with E-state index in [2.05, 4.69) is 24.0 Å². The Bertz CT molecular complexity index is 1650. The SMILES string of the molecule is COc1ccc(C2(C)CCOCC2)nc1S(=O)(=O)NC(=O)c1ccc2c(-c3nsc(N)n3)ccc(C)c2n1. The smallest absolute Gasteiger partial charge is 0.285 e. The molecular weight excluding hydrogens is 528 g/mol. The van der Waals surface area contributed by atoms with E-state index in [1.165, 1.54) is 13.2 Å². The Kier molecular flexibility index (Phi) is 6.75.